The van der Waals surface area contributed by atoms with E-state index >= 15 is 0 Å². The summed E-state index contributed by atoms with van der Waals surface area (Å²) in [5.74, 6) is 0.146. The van der Waals surface area contributed by atoms with E-state index in [1.165, 1.54) is 6.92 Å². The van der Waals surface area contributed by atoms with Gasteiger partial charge in [0, 0.05) is 23.8 Å². The minimum atomic E-state index is -0.0188. The molecule has 3 heterocycles. The minimum absolute atomic E-state index is 0.0188. The molecule has 3 aliphatic rings. The molecule has 4 nitrogen and oxygen atoms in total. The van der Waals surface area contributed by atoms with E-state index in [1.54, 1.807) is 17.0 Å². The molecule has 17 heavy (non-hydrogen) atoms. The molecule has 0 spiro atoms. The number of carbonyl (C=O) groups excluding carboxylic acids is 2. The van der Waals surface area contributed by atoms with Gasteiger partial charge in [0.15, 0.2) is 5.78 Å². The maximum absolute atomic E-state index is 12.0. The van der Waals surface area contributed by atoms with Gasteiger partial charge in [-0.2, -0.15) is 0 Å². The number of piperidine rings is 1. The zero-order valence-corrected chi connectivity index (χ0v) is 9.64. The van der Waals surface area contributed by atoms with Gasteiger partial charge < -0.3 is 10.2 Å². The SMILES string of the molecule is CC(=O)c1cccc(N2CC3CC(N3)C2=O)c1. The molecular formula is C13H14N2O2. The van der Waals surface area contributed by atoms with Gasteiger partial charge in [-0.25, -0.2) is 0 Å². The number of hydrogen-bond donors (Lipinski definition) is 1. The minimum Gasteiger partial charge on any atom is -0.309 e. The second-order valence-corrected chi connectivity index (χ2v) is 4.71. The molecule has 4 rings (SSSR count). The maximum atomic E-state index is 12.0. The van der Waals surface area contributed by atoms with Crippen LogP contribution in [0.15, 0.2) is 24.3 Å². The van der Waals surface area contributed by atoms with Crippen LogP contribution in [0.4, 0.5) is 5.69 Å². The molecule has 2 atom stereocenters. The molecule has 2 unspecified atom stereocenters. The fourth-order valence-corrected chi connectivity index (χ4v) is 2.47. The predicted molar refractivity (Wildman–Crippen MR) is 64.1 cm³/mol. The van der Waals surface area contributed by atoms with E-state index < -0.39 is 0 Å². The summed E-state index contributed by atoms with van der Waals surface area (Å²) < 4.78 is 0. The first-order chi connectivity index (χ1) is 8.15. The summed E-state index contributed by atoms with van der Waals surface area (Å²) in [4.78, 5) is 25.1. The summed E-state index contributed by atoms with van der Waals surface area (Å²) in [5.41, 5.74) is 1.49. The Labute approximate surface area is 99.6 Å². The highest BCUT2D eigenvalue weighted by Crippen LogP contribution is 2.27. The summed E-state index contributed by atoms with van der Waals surface area (Å²) in [6.07, 6.45) is 0.946. The molecule has 0 aliphatic carbocycles. The molecule has 88 valence electrons. The van der Waals surface area contributed by atoms with Crippen molar-refractivity contribution in [2.75, 3.05) is 11.4 Å². The standard InChI is InChI=1S/C13H14N2O2/c1-8(16)9-3-2-4-11(5-9)15-7-10-6-12(14-10)13(15)17/h2-5,10,12,14H,6-7H2,1H3. The Morgan fingerprint density at radius 3 is 2.88 bits per heavy atom. The van der Waals surface area contributed by atoms with Crippen LogP contribution in [0, 0.1) is 0 Å². The number of piperazine rings is 1. The number of rotatable bonds is 2. The first-order valence-corrected chi connectivity index (χ1v) is 5.83. The highest BCUT2D eigenvalue weighted by molar-refractivity contribution is 6.01. The first kappa shape index (κ1) is 10.5. The zero-order valence-electron chi connectivity index (χ0n) is 9.64. The van der Waals surface area contributed by atoms with Crippen molar-refractivity contribution in [2.24, 2.45) is 0 Å². The van der Waals surface area contributed by atoms with Crippen LogP contribution >= 0.6 is 0 Å². The van der Waals surface area contributed by atoms with Crippen LogP contribution < -0.4 is 10.2 Å². The maximum Gasteiger partial charge on any atom is 0.244 e. The molecule has 3 fully saturated rings. The van der Waals surface area contributed by atoms with Crippen LogP contribution in [0.25, 0.3) is 0 Å². The van der Waals surface area contributed by atoms with Crippen molar-refractivity contribution in [1.29, 1.82) is 0 Å². The van der Waals surface area contributed by atoms with E-state index in [9.17, 15) is 9.59 Å². The second-order valence-electron chi connectivity index (χ2n) is 4.71. The van der Waals surface area contributed by atoms with Crippen LogP contribution in [0.5, 0.6) is 0 Å². The number of ketones is 1. The molecule has 0 saturated carbocycles. The molecule has 1 amide bonds. The van der Waals surface area contributed by atoms with E-state index in [2.05, 4.69) is 5.32 Å². The van der Waals surface area contributed by atoms with Gasteiger partial charge in [-0.15, -0.1) is 0 Å². The number of nitrogens with zero attached hydrogens (tertiary/aromatic N) is 1. The van der Waals surface area contributed by atoms with Crippen molar-refractivity contribution in [3.63, 3.8) is 0 Å². The predicted octanol–water partition coefficient (Wildman–Crippen LogP) is 0.966. The van der Waals surface area contributed by atoms with Crippen LogP contribution in [0.3, 0.4) is 0 Å². The first-order valence-electron chi connectivity index (χ1n) is 5.83. The number of hydrogen-bond acceptors (Lipinski definition) is 3. The Morgan fingerprint density at radius 2 is 2.24 bits per heavy atom. The Kier molecular flexibility index (Phi) is 2.26. The van der Waals surface area contributed by atoms with Gasteiger partial charge in [-0.1, -0.05) is 12.1 Å². The van der Waals surface area contributed by atoms with Gasteiger partial charge in [0.25, 0.3) is 0 Å². The molecule has 3 aliphatic heterocycles. The zero-order chi connectivity index (χ0) is 12.0. The lowest BCUT2D eigenvalue weighted by molar-refractivity contribution is -0.125. The van der Waals surface area contributed by atoms with Gasteiger partial charge in [0.2, 0.25) is 5.91 Å². The Bertz CT molecular complexity index is 492. The Morgan fingerprint density at radius 1 is 1.47 bits per heavy atom. The fraction of sp³-hybridized carbons (Fsp3) is 0.385. The second kappa shape index (κ2) is 3.67. The van der Waals surface area contributed by atoms with Gasteiger partial charge in [0.1, 0.15) is 0 Å². The number of benzene rings is 1. The third-order valence-corrected chi connectivity index (χ3v) is 3.49. The number of amides is 1. The fourth-order valence-electron chi connectivity index (χ4n) is 2.47. The lowest BCUT2D eigenvalue weighted by Gasteiger charge is -2.47. The summed E-state index contributed by atoms with van der Waals surface area (Å²) in [6.45, 7) is 2.24. The van der Waals surface area contributed by atoms with E-state index in [0.717, 1.165) is 12.1 Å². The van der Waals surface area contributed by atoms with Crippen molar-refractivity contribution < 1.29 is 9.59 Å². The van der Waals surface area contributed by atoms with Gasteiger partial charge >= 0.3 is 0 Å². The molecule has 0 aromatic heterocycles. The number of nitrogens with one attached hydrogen (secondary N) is 1. The summed E-state index contributed by atoms with van der Waals surface area (Å²) in [7, 11) is 0. The van der Waals surface area contributed by atoms with E-state index in [-0.39, 0.29) is 17.7 Å². The van der Waals surface area contributed by atoms with Crippen LogP contribution in [0.2, 0.25) is 0 Å². The van der Waals surface area contributed by atoms with Gasteiger partial charge in [-0.05, 0) is 25.5 Å². The van der Waals surface area contributed by atoms with Crippen LogP contribution in [0.1, 0.15) is 23.7 Å². The van der Waals surface area contributed by atoms with Crippen LogP contribution in [-0.4, -0.2) is 30.3 Å². The number of Topliss-reactive ketones (excluding diaryl/α,β-unsaturated/α-hetero) is 1. The smallest absolute Gasteiger partial charge is 0.244 e. The van der Waals surface area contributed by atoms with Crippen molar-refractivity contribution in [2.45, 2.75) is 25.4 Å². The highest BCUT2D eigenvalue weighted by atomic mass is 16.2. The molecule has 1 N–H and O–H groups in total. The van der Waals surface area contributed by atoms with Crippen molar-refractivity contribution >= 4 is 17.4 Å². The van der Waals surface area contributed by atoms with Crippen molar-refractivity contribution in [3.05, 3.63) is 29.8 Å². The molecular weight excluding hydrogens is 216 g/mol. The van der Waals surface area contributed by atoms with E-state index in [0.29, 0.717) is 18.2 Å². The van der Waals surface area contributed by atoms with Gasteiger partial charge in [-0.3, -0.25) is 9.59 Å². The third kappa shape index (κ3) is 1.65. The summed E-state index contributed by atoms with van der Waals surface area (Å²) in [6, 6.07) is 7.68. The average molecular weight is 230 g/mol. The highest BCUT2D eigenvalue weighted by Gasteiger charge is 2.43. The van der Waals surface area contributed by atoms with Crippen molar-refractivity contribution in [3.8, 4) is 0 Å². The molecule has 3 saturated heterocycles. The number of anilines is 1. The molecule has 2 bridgehead atoms. The lowest BCUT2D eigenvalue weighted by Crippen LogP contribution is -2.70. The average Bonchev–Trinajstić information content (AvgIpc) is 2.27. The van der Waals surface area contributed by atoms with Crippen molar-refractivity contribution in [1.82, 2.24) is 5.32 Å². The molecule has 0 radical (unpaired) electrons. The molecule has 1 aromatic carbocycles. The summed E-state index contributed by atoms with van der Waals surface area (Å²) in [5, 5.41) is 3.21. The number of fused-ring (bicyclic) bond motifs is 2. The topological polar surface area (TPSA) is 49.4 Å². The summed E-state index contributed by atoms with van der Waals surface area (Å²) >= 11 is 0. The molecule has 4 heteroatoms. The van der Waals surface area contributed by atoms with Gasteiger partial charge in [0.05, 0.1) is 6.04 Å². The number of carbonyl (C=O) groups is 2. The third-order valence-electron chi connectivity index (χ3n) is 3.49. The molecule has 1 aromatic rings. The van der Waals surface area contributed by atoms with E-state index in [4.69, 9.17) is 0 Å². The van der Waals surface area contributed by atoms with E-state index in [1.807, 2.05) is 12.1 Å². The quantitative estimate of drug-likeness (QED) is 0.770. The normalized spacial score (nSPS) is 26.6. The lowest BCUT2D eigenvalue weighted by atomic mass is 9.90. The Balaban J connectivity index is 1.91. The monoisotopic (exact) mass is 230 g/mol. The Hall–Kier alpha value is -1.68. The largest absolute Gasteiger partial charge is 0.309 e. The van der Waals surface area contributed by atoms with Crippen LogP contribution in [-0.2, 0) is 4.79 Å².